The molecule has 5 rings (SSSR count). The molecule has 0 unspecified atom stereocenters. The summed E-state index contributed by atoms with van der Waals surface area (Å²) in [6, 6.07) is 29.2. The maximum Gasteiger partial charge on any atom is 0.277 e. The SMILES string of the molecule is CCc1cccc(N2C(=O)c3cc(-c4ccccc4)nn3C[C@@]2(C)C(=O)NCc2ccccc2)c1. The Bertz CT molecular complexity index is 1360. The van der Waals surface area contributed by atoms with Crippen LogP contribution in [0.2, 0.25) is 0 Å². The number of fused-ring (bicyclic) bond motifs is 1. The molecule has 176 valence electrons. The van der Waals surface area contributed by atoms with Crippen molar-refractivity contribution in [3.05, 3.63) is 108 Å². The molecule has 0 spiro atoms. The van der Waals surface area contributed by atoms with Gasteiger partial charge in [-0.25, -0.2) is 0 Å². The van der Waals surface area contributed by atoms with Gasteiger partial charge in [-0.1, -0.05) is 79.7 Å². The minimum atomic E-state index is -1.16. The summed E-state index contributed by atoms with van der Waals surface area (Å²) in [6.45, 7) is 4.52. The molecule has 1 atom stereocenters. The summed E-state index contributed by atoms with van der Waals surface area (Å²) < 4.78 is 1.67. The second-order valence-electron chi connectivity index (χ2n) is 9.04. The minimum Gasteiger partial charge on any atom is -0.350 e. The van der Waals surface area contributed by atoms with Crippen LogP contribution in [-0.4, -0.2) is 27.1 Å². The van der Waals surface area contributed by atoms with E-state index in [2.05, 4.69) is 12.2 Å². The molecular weight excluding hydrogens is 436 g/mol. The molecule has 0 saturated heterocycles. The van der Waals surface area contributed by atoms with Crippen LogP contribution < -0.4 is 10.2 Å². The van der Waals surface area contributed by atoms with Crippen LogP contribution in [-0.2, 0) is 24.3 Å². The third-order valence-corrected chi connectivity index (χ3v) is 6.58. The van der Waals surface area contributed by atoms with Crippen molar-refractivity contribution in [3.63, 3.8) is 0 Å². The smallest absolute Gasteiger partial charge is 0.277 e. The van der Waals surface area contributed by atoms with E-state index in [0.717, 1.165) is 23.1 Å². The molecule has 0 bridgehead atoms. The standard InChI is InChI=1S/C29H28N4O2/c1-3-21-13-10-16-24(17-21)33-27(34)26-18-25(23-14-8-5-9-15-23)31-32(26)20-29(33,2)28(35)30-19-22-11-6-4-7-12-22/h4-18H,3,19-20H2,1-2H3,(H,30,35)/t29-/m0/s1. The average Bonchev–Trinajstić information content (AvgIpc) is 3.32. The number of nitrogens with zero attached hydrogens (tertiary/aromatic N) is 3. The summed E-state index contributed by atoms with van der Waals surface area (Å²) in [5, 5.41) is 7.77. The number of aromatic nitrogens is 2. The lowest BCUT2D eigenvalue weighted by Gasteiger charge is -2.43. The highest BCUT2D eigenvalue weighted by Gasteiger charge is 2.48. The van der Waals surface area contributed by atoms with Gasteiger partial charge in [0.1, 0.15) is 11.2 Å². The number of hydrogen-bond donors (Lipinski definition) is 1. The summed E-state index contributed by atoms with van der Waals surface area (Å²) in [6.07, 6.45) is 0.836. The fraction of sp³-hybridized carbons (Fsp3) is 0.207. The molecule has 0 fully saturated rings. The fourth-order valence-corrected chi connectivity index (χ4v) is 4.62. The molecule has 0 radical (unpaired) electrons. The van der Waals surface area contributed by atoms with Crippen molar-refractivity contribution in [2.45, 2.75) is 38.9 Å². The number of nitrogens with one attached hydrogen (secondary N) is 1. The van der Waals surface area contributed by atoms with Gasteiger partial charge in [-0.2, -0.15) is 5.10 Å². The van der Waals surface area contributed by atoms with Gasteiger partial charge in [-0.05, 0) is 42.7 Å². The Balaban J connectivity index is 1.56. The lowest BCUT2D eigenvalue weighted by molar-refractivity contribution is -0.126. The molecule has 1 aliphatic rings. The van der Waals surface area contributed by atoms with Gasteiger partial charge in [0.25, 0.3) is 5.91 Å². The van der Waals surface area contributed by atoms with E-state index in [0.29, 0.717) is 23.6 Å². The molecule has 6 heteroatoms. The average molecular weight is 465 g/mol. The quantitative estimate of drug-likeness (QED) is 0.444. The summed E-state index contributed by atoms with van der Waals surface area (Å²) in [5.41, 5.74) is 3.76. The van der Waals surface area contributed by atoms with E-state index in [4.69, 9.17) is 5.10 Å². The van der Waals surface area contributed by atoms with Crippen LogP contribution in [0.5, 0.6) is 0 Å². The molecule has 3 aromatic carbocycles. The van der Waals surface area contributed by atoms with Crippen LogP contribution in [0.25, 0.3) is 11.3 Å². The number of aryl methyl sites for hydroxylation is 1. The summed E-state index contributed by atoms with van der Waals surface area (Å²) in [7, 11) is 0. The molecule has 6 nitrogen and oxygen atoms in total. The Morgan fingerprint density at radius 2 is 1.63 bits per heavy atom. The number of carbonyl (C=O) groups is 2. The van der Waals surface area contributed by atoms with E-state index in [1.807, 2.05) is 97.9 Å². The van der Waals surface area contributed by atoms with Gasteiger partial charge in [-0.3, -0.25) is 19.2 Å². The fourth-order valence-electron chi connectivity index (χ4n) is 4.62. The summed E-state index contributed by atoms with van der Waals surface area (Å²) >= 11 is 0. The molecule has 1 aliphatic heterocycles. The third-order valence-electron chi connectivity index (χ3n) is 6.58. The Kier molecular flexibility index (Phi) is 5.95. The number of amides is 2. The van der Waals surface area contributed by atoms with Crippen LogP contribution in [0.4, 0.5) is 5.69 Å². The van der Waals surface area contributed by atoms with Gasteiger partial charge in [-0.15, -0.1) is 0 Å². The molecule has 1 aromatic heterocycles. The third kappa shape index (κ3) is 4.23. The van der Waals surface area contributed by atoms with Crippen molar-refractivity contribution in [3.8, 4) is 11.3 Å². The number of rotatable bonds is 6. The zero-order chi connectivity index (χ0) is 24.4. The van der Waals surface area contributed by atoms with Gasteiger partial charge in [0.2, 0.25) is 5.91 Å². The van der Waals surface area contributed by atoms with Crippen molar-refractivity contribution in [1.29, 1.82) is 0 Å². The van der Waals surface area contributed by atoms with Crippen LogP contribution in [0.1, 0.15) is 35.5 Å². The second kappa shape index (κ2) is 9.22. The predicted molar refractivity (Wildman–Crippen MR) is 137 cm³/mol. The zero-order valence-corrected chi connectivity index (χ0v) is 19.9. The molecule has 1 N–H and O–H groups in total. The molecular formula is C29H28N4O2. The Labute approximate surface area is 205 Å². The van der Waals surface area contributed by atoms with E-state index in [9.17, 15) is 9.59 Å². The van der Waals surface area contributed by atoms with E-state index < -0.39 is 5.54 Å². The first-order valence-corrected chi connectivity index (χ1v) is 11.9. The van der Waals surface area contributed by atoms with Crippen molar-refractivity contribution in [2.24, 2.45) is 0 Å². The van der Waals surface area contributed by atoms with Gasteiger partial charge in [0, 0.05) is 17.8 Å². The number of benzene rings is 3. The van der Waals surface area contributed by atoms with E-state index in [-0.39, 0.29) is 18.4 Å². The number of carbonyl (C=O) groups excluding carboxylic acids is 2. The van der Waals surface area contributed by atoms with E-state index >= 15 is 0 Å². The molecule has 35 heavy (non-hydrogen) atoms. The lowest BCUT2D eigenvalue weighted by atomic mass is 9.93. The van der Waals surface area contributed by atoms with Crippen LogP contribution >= 0.6 is 0 Å². The van der Waals surface area contributed by atoms with Crippen molar-refractivity contribution in [1.82, 2.24) is 15.1 Å². The minimum absolute atomic E-state index is 0.223. The number of hydrogen-bond acceptors (Lipinski definition) is 3. The van der Waals surface area contributed by atoms with Gasteiger partial charge in [0.15, 0.2) is 0 Å². The maximum absolute atomic E-state index is 13.9. The topological polar surface area (TPSA) is 67.2 Å². The molecule has 4 aromatic rings. The molecule has 0 saturated carbocycles. The normalized spacial score (nSPS) is 17.2. The first kappa shape index (κ1) is 22.6. The van der Waals surface area contributed by atoms with Crippen molar-refractivity contribution >= 4 is 17.5 Å². The summed E-state index contributed by atoms with van der Waals surface area (Å²) in [4.78, 5) is 29.3. The van der Waals surface area contributed by atoms with Gasteiger partial charge in [0.05, 0.1) is 12.2 Å². The molecule has 2 amide bonds. The lowest BCUT2D eigenvalue weighted by Crippen LogP contribution is -2.64. The van der Waals surface area contributed by atoms with Crippen LogP contribution in [0.15, 0.2) is 91.0 Å². The monoisotopic (exact) mass is 464 g/mol. The van der Waals surface area contributed by atoms with E-state index in [1.165, 1.54) is 0 Å². The maximum atomic E-state index is 13.9. The van der Waals surface area contributed by atoms with Crippen LogP contribution in [0.3, 0.4) is 0 Å². The Morgan fingerprint density at radius 3 is 2.34 bits per heavy atom. The van der Waals surface area contributed by atoms with Crippen LogP contribution in [0, 0.1) is 0 Å². The van der Waals surface area contributed by atoms with Crippen molar-refractivity contribution in [2.75, 3.05) is 4.90 Å². The highest BCUT2D eigenvalue weighted by atomic mass is 16.2. The second-order valence-corrected chi connectivity index (χ2v) is 9.04. The largest absolute Gasteiger partial charge is 0.350 e. The first-order valence-electron chi connectivity index (χ1n) is 11.9. The molecule has 2 heterocycles. The number of anilines is 1. The highest BCUT2D eigenvalue weighted by molar-refractivity contribution is 6.12. The highest BCUT2D eigenvalue weighted by Crippen LogP contribution is 2.34. The Morgan fingerprint density at radius 1 is 0.943 bits per heavy atom. The van der Waals surface area contributed by atoms with Gasteiger partial charge >= 0.3 is 0 Å². The van der Waals surface area contributed by atoms with Gasteiger partial charge < -0.3 is 5.32 Å². The predicted octanol–water partition coefficient (Wildman–Crippen LogP) is 4.85. The first-order chi connectivity index (χ1) is 17.0. The van der Waals surface area contributed by atoms with Crippen molar-refractivity contribution < 1.29 is 9.59 Å². The zero-order valence-electron chi connectivity index (χ0n) is 19.9. The van der Waals surface area contributed by atoms with E-state index in [1.54, 1.807) is 9.58 Å². The summed E-state index contributed by atoms with van der Waals surface area (Å²) in [5.74, 6) is -0.462. The molecule has 0 aliphatic carbocycles. The Hall–Kier alpha value is -4.19.